The molecule has 0 aromatic heterocycles. The molecule has 0 radical (unpaired) electrons. The number of benzene rings is 3. The van der Waals surface area contributed by atoms with Crippen LogP contribution in [0.5, 0.6) is 0 Å². The van der Waals surface area contributed by atoms with Gasteiger partial charge in [0.25, 0.3) is 0 Å². The van der Waals surface area contributed by atoms with Crippen LogP contribution in [0, 0.1) is 0 Å². The molecule has 0 spiro atoms. The van der Waals surface area contributed by atoms with E-state index in [0.29, 0.717) is 5.78 Å². The number of hydrogen-bond acceptors (Lipinski definition) is 3. The lowest BCUT2D eigenvalue weighted by molar-refractivity contribution is -0.131. The molecule has 0 amide bonds. The summed E-state index contributed by atoms with van der Waals surface area (Å²) in [6.45, 7) is 9.20. The van der Waals surface area contributed by atoms with E-state index in [9.17, 15) is 4.79 Å². The van der Waals surface area contributed by atoms with Crippen molar-refractivity contribution in [3.05, 3.63) is 108 Å². The van der Waals surface area contributed by atoms with E-state index in [1.165, 1.54) is 16.7 Å². The maximum absolute atomic E-state index is 14.3. The summed E-state index contributed by atoms with van der Waals surface area (Å²) in [4.78, 5) is 19.2. The van der Waals surface area contributed by atoms with E-state index < -0.39 is 0 Å². The summed E-state index contributed by atoms with van der Waals surface area (Å²) < 4.78 is 0. The second-order valence-corrected chi connectivity index (χ2v) is 10.5. The zero-order valence-electron chi connectivity index (χ0n) is 20.9. The van der Waals surface area contributed by atoms with Gasteiger partial charge in [-0.1, -0.05) is 91.0 Å². The molecule has 4 rings (SSSR count). The summed E-state index contributed by atoms with van der Waals surface area (Å²) in [6.07, 6.45) is 2.77. The van der Waals surface area contributed by atoms with Gasteiger partial charge in [0.05, 0.1) is 12.1 Å². The van der Waals surface area contributed by atoms with Gasteiger partial charge in [0, 0.05) is 18.6 Å². The summed E-state index contributed by atoms with van der Waals surface area (Å²) >= 11 is 0. The highest BCUT2D eigenvalue weighted by molar-refractivity contribution is 5.89. The molecular formula is C31H38N2O. The number of nitrogens with zero attached hydrogens (tertiary/aromatic N) is 2. The van der Waals surface area contributed by atoms with E-state index in [1.54, 1.807) is 0 Å². The van der Waals surface area contributed by atoms with Gasteiger partial charge in [-0.15, -0.1) is 0 Å². The minimum atomic E-state index is -0.184. The SMILES string of the molecule is CC(C)(C)N1CCC[C@@H]1C(=O)[C@H](Cc1ccccc1)N(Cc1ccccc1)Cc1ccccc1. The van der Waals surface area contributed by atoms with Crippen LogP contribution in [0.1, 0.15) is 50.3 Å². The van der Waals surface area contributed by atoms with Crippen LogP contribution in [0.2, 0.25) is 0 Å². The summed E-state index contributed by atoms with van der Waals surface area (Å²) in [7, 11) is 0. The highest BCUT2D eigenvalue weighted by atomic mass is 16.1. The Labute approximate surface area is 205 Å². The first-order chi connectivity index (χ1) is 16.4. The smallest absolute Gasteiger partial charge is 0.167 e. The standard InChI is InChI=1S/C31H38N2O/c1-31(2,3)33-21-13-20-28(33)30(34)29(22-25-14-7-4-8-15-25)32(23-26-16-9-5-10-17-26)24-27-18-11-6-12-19-27/h4-12,14-19,28-29H,13,20-24H2,1-3H3/t28-,29+/m1/s1. The second-order valence-electron chi connectivity index (χ2n) is 10.5. The van der Waals surface area contributed by atoms with Crippen LogP contribution in [0.3, 0.4) is 0 Å². The van der Waals surface area contributed by atoms with Gasteiger partial charge in [0.15, 0.2) is 5.78 Å². The number of carbonyl (C=O) groups excluding carboxylic acids is 1. The minimum absolute atomic E-state index is 0.0161. The Morgan fingerprint density at radius 2 is 1.29 bits per heavy atom. The first-order valence-electron chi connectivity index (χ1n) is 12.6. The summed E-state index contributed by atoms with van der Waals surface area (Å²) in [5.74, 6) is 0.364. The first-order valence-corrected chi connectivity index (χ1v) is 12.6. The second kappa shape index (κ2) is 11.1. The molecule has 178 valence electrons. The average molecular weight is 455 g/mol. The normalized spacial score (nSPS) is 17.7. The van der Waals surface area contributed by atoms with Gasteiger partial charge in [-0.25, -0.2) is 0 Å². The van der Waals surface area contributed by atoms with E-state index >= 15 is 0 Å². The lowest BCUT2D eigenvalue weighted by Gasteiger charge is -2.40. The quantitative estimate of drug-likeness (QED) is 0.388. The van der Waals surface area contributed by atoms with Gasteiger partial charge in [0.1, 0.15) is 0 Å². The van der Waals surface area contributed by atoms with Gasteiger partial charge in [0.2, 0.25) is 0 Å². The zero-order chi connectivity index (χ0) is 24.0. The molecule has 0 aliphatic carbocycles. The molecule has 34 heavy (non-hydrogen) atoms. The van der Waals surface area contributed by atoms with Gasteiger partial charge < -0.3 is 0 Å². The molecule has 0 bridgehead atoms. The van der Waals surface area contributed by atoms with Crippen molar-refractivity contribution in [1.82, 2.24) is 9.80 Å². The van der Waals surface area contributed by atoms with Crippen LogP contribution < -0.4 is 0 Å². The minimum Gasteiger partial charge on any atom is -0.296 e. The highest BCUT2D eigenvalue weighted by Crippen LogP contribution is 2.30. The Bertz CT molecular complexity index is 986. The number of carbonyl (C=O) groups is 1. The Balaban J connectivity index is 1.70. The van der Waals surface area contributed by atoms with E-state index in [2.05, 4.69) is 116 Å². The van der Waals surface area contributed by atoms with E-state index in [4.69, 9.17) is 0 Å². The molecule has 1 fully saturated rings. The molecular weight excluding hydrogens is 416 g/mol. The molecule has 1 saturated heterocycles. The van der Waals surface area contributed by atoms with Crippen LogP contribution in [0.25, 0.3) is 0 Å². The first kappa shape index (κ1) is 24.4. The van der Waals surface area contributed by atoms with E-state index in [-0.39, 0.29) is 17.6 Å². The fourth-order valence-corrected chi connectivity index (χ4v) is 5.25. The van der Waals surface area contributed by atoms with Gasteiger partial charge >= 0.3 is 0 Å². The topological polar surface area (TPSA) is 23.6 Å². The number of likely N-dealkylation sites (tertiary alicyclic amines) is 1. The molecule has 0 N–H and O–H groups in total. The molecule has 3 aromatic rings. The van der Waals surface area contributed by atoms with Gasteiger partial charge in [-0.05, 0) is 63.3 Å². The molecule has 3 aromatic carbocycles. The van der Waals surface area contributed by atoms with Crippen LogP contribution >= 0.6 is 0 Å². The third kappa shape index (κ3) is 6.22. The van der Waals surface area contributed by atoms with E-state index in [1.807, 2.05) is 6.07 Å². The van der Waals surface area contributed by atoms with Crippen molar-refractivity contribution in [3.8, 4) is 0 Å². The van der Waals surface area contributed by atoms with Crippen LogP contribution in [-0.2, 0) is 24.3 Å². The Hall–Kier alpha value is -2.75. The number of Topliss-reactive ketones (excluding diaryl/α,β-unsaturated/α-hetero) is 1. The predicted octanol–water partition coefficient (Wildman–Crippen LogP) is 6.13. The lowest BCUT2D eigenvalue weighted by Crippen LogP contribution is -2.54. The third-order valence-electron chi connectivity index (χ3n) is 6.94. The fraction of sp³-hybridized carbons (Fsp3) is 0.387. The maximum Gasteiger partial charge on any atom is 0.167 e. The summed E-state index contributed by atoms with van der Waals surface area (Å²) in [5.41, 5.74) is 3.68. The van der Waals surface area contributed by atoms with Gasteiger partial charge in [-0.3, -0.25) is 14.6 Å². The highest BCUT2D eigenvalue weighted by Gasteiger charge is 2.41. The summed E-state index contributed by atoms with van der Waals surface area (Å²) in [5, 5.41) is 0. The number of rotatable bonds is 9. The van der Waals surface area contributed by atoms with Crippen molar-refractivity contribution < 1.29 is 4.79 Å². The van der Waals surface area contributed by atoms with E-state index in [0.717, 1.165) is 38.9 Å². The van der Waals surface area contributed by atoms with Crippen molar-refractivity contribution in [2.24, 2.45) is 0 Å². The van der Waals surface area contributed by atoms with Crippen molar-refractivity contribution >= 4 is 5.78 Å². The largest absolute Gasteiger partial charge is 0.296 e. The van der Waals surface area contributed by atoms with Crippen LogP contribution in [0.15, 0.2) is 91.0 Å². The van der Waals surface area contributed by atoms with Crippen molar-refractivity contribution in [3.63, 3.8) is 0 Å². The van der Waals surface area contributed by atoms with Crippen molar-refractivity contribution in [2.75, 3.05) is 6.54 Å². The Kier molecular flexibility index (Phi) is 7.97. The van der Waals surface area contributed by atoms with Crippen molar-refractivity contribution in [1.29, 1.82) is 0 Å². The zero-order valence-corrected chi connectivity index (χ0v) is 20.9. The predicted molar refractivity (Wildman–Crippen MR) is 141 cm³/mol. The van der Waals surface area contributed by atoms with Crippen molar-refractivity contribution in [2.45, 2.75) is 70.7 Å². The maximum atomic E-state index is 14.3. The fourth-order valence-electron chi connectivity index (χ4n) is 5.25. The Morgan fingerprint density at radius 1 is 0.824 bits per heavy atom. The molecule has 1 heterocycles. The van der Waals surface area contributed by atoms with Crippen LogP contribution in [-0.4, -0.2) is 39.8 Å². The van der Waals surface area contributed by atoms with Gasteiger partial charge in [-0.2, -0.15) is 0 Å². The molecule has 2 atom stereocenters. The Morgan fingerprint density at radius 3 is 1.76 bits per heavy atom. The number of hydrogen-bond donors (Lipinski definition) is 0. The van der Waals surface area contributed by atoms with Crippen LogP contribution in [0.4, 0.5) is 0 Å². The summed E-state index contributed by atoms with van der Waals surface area (Å²) in [6, 6.07) is 31.4. The number of ketones is 1. The molecule has 3 nitrogen and oxygen atoms in total. The lowest BCUT2D eigenvalue weighted by atomic mass is 9.92. The average Bonchev–Trinajstić information content (AvgIpc) is 3.35. The molecule has 0 unspecified atom stereocenters. The molecule has 1 aliphatic rings. The molecule has 0 saturated carbocycles. The third-order valence-corrected chi connectivity index (χ3v) is 6.94. The monoisotopic (exact) mass is 454 g/mol. The molecule has 1 aliphatic heterocycles. The molecule has 3 heteroatoms.